The highest BCUT2D eigenvalue weighted by molar-refractivity contribution is 7.98. The maximum absolute atomic E-state index is 9.33. The van der Waals surface area contributed by atoms with Crippen molar-refractivity contribution in [2.75, 3.05) is 24.8 Å². The minimum absolute atomic E-state index is 0.459. The van der Waals surface area contributed by atoms with Crippen LogP contribution in [-0.2, 0) is 4.74 Å². The van der Waals surface area contributed by atoms with Gasteiger partial charge in [0.1, 0.15) is 5.54 Å². The summed E-state index contributed by atoms with van der Waals surface area (Å²) >= 11 is 1.72. The number of anilines is 1. The minimum Gasteiger partial charge on any atom is -0.381 e. The van der Waals surface area contributed by atoms with E-state index in [1.165, 1.54) is 4.90 Å². The van der Waals surface area contributed by atoms with Crippen LogP contribution in [0.1, 0.15) is 12.8 Å². The third-order valence-corrected chi connectivity index (χ3v) is 3.78. The van der Waals surface area contributed by atoms with Crippen molar-refractivity contribution >= 4 is 17.4 Å². The zero-order valence-corrected chi connectivity index (χ0v) is 10.7. The SMILES string of the molecule is CSc1ccc(NC2(C#N)CCOCC2)cc1. The molecule has 1 aliphatic rings. The minimum atomic E-state index is -0.459. The Bertz CT molecular complexity index is 404. The second kappa shape index (κ2) is 5.44. The molecule has 0 amide bonds. The first-order valence-electron chi connectivity index (χ1n) is 5.69. The molecule has 1 aromatic carbocycles. The van der Waals surface area contributed by atoms with Crippen LogP contribution < -0.4 is 5.32 Å². The van der Waals surface area contributed by atoms with Gasteiger partial charge in [0.15, 0.2) is 0 Å². The summed E-state index contributed by atoms with van der Waals surface area (Å²) < 4.78 is 5.31. The van der Waals surface area contributed by atoms with Crippen molar-refractivity contribution in [3.8, 4) is 6.07 Å². The van der Waals surface area contributed by atoms with E-state index in [0.29, 0.717) is 13.2 Å². The molecule has 0 aromatic heterocycles. The highest BCUT2D eigenvalue weighted by Crippen LogP contribution is 2.26. The fraction of sp³-hybridized carbons (Fsp3) is 0.462. The van der Waals surface area contributed by atoms with Gasteiger partial charge in [-0.2, -0.15) is 5.26 Å². The van der Waals surface area contributed by atoms with Gasteiger partial charge in [-0.3, -0.25) is 0 Å². The van der Waals surface area contributed by atoms with Crippen LogP contribution in [0.2, 0.25) is 0 Å². The van der Waals surface area contributed by atoms with E-state index in [-0.39, 0.29) is 0 Å². The van der Waals surface area contributed by atoms with Crippen molar-refractivity contribution in [1.29, 1.82) is 5.26 Å². The Hall–Kier alpha value is -1.18. The average Bonchev–Trinajstić information content (AvgIpc) is 2.41. The second-order valence-corrected chi connectivity index (χ2v) is 5.04. The first kappa shape index (κ1) is 12.3. The summed E-state index contributed by atoms with van der Waals surface area (Å²) in [6, 6.07) is 10.6. The maximum atomic E-state index is 9.33. The van der Waals surface area contributed by atoms with Crippen LogP contribution in [0.3, 0.4) is 0 Å². The van der Waals surface area contributed by atoms with Crippen LogP contribution >= 0.6 is 11.8 Å². The van der Waals surface area contributed by atoms with E-state index in [1.807, 2.05) is 12.1 Å². The van der Waals surface area contributed by atoms with Gasteiger partial charge in [0, 0.05) is 36.6 Å². The molecule has 0 unspecified atom stereocenters. The largest absolute Gasteiger partial charge is 0.381 e. The van der Waals surface area contributed by atoms with Gasteiger partial charge in [-0.1, -0.05) is 0 Å². The molecule has 90 valence electrons. The Morgan fingerprint density at radius 1 is 1.29 bits per heavy atom. The number of thioether (sulfide) groups is 1. The first-order chi connectivity index (χ1) is 8.28. The van der Waals surface area contributed by atoms with E-state index in [2.05, 4.69) is 29.8 Å². The molecular weight excluding hydrogens is 232 g/mol. The molecule has 0 radical (unpaired) electrons. The number of benzene rings is 1. The Balaban J connectivity index is 2.10. The normalized spacial score (nSPS) is 18.4. The molecule has 2 rings (SSSR count). The molecule has 0 atom stereocenters. The van der Waals surface area contributed by atoms with Gasteiger partial charge in [-0.25, -0.2) is 0 Å². The molecule has 3 nitrogen and oxygen atoms in total. The van der Waals surface area contributed by atoms with Gasteiger partial charge in [-0.05, 0) is 30.5 Å². The van der Waals surface area contributed by atoms with Crippen molar-refractivity contribution in [2.24, 2.45) is 0 Å². The van der Waals surface area contributed by atoms with Gasteiger partial charge < -0.3 is 10.1 Å². The zero-order valence-electron chi connectivity index (χ0n) is 9.90. The second-order valence-electron chi connectivity index (χ2n) is 4.16. The summed E-state index contributed by atoms with van der Waals surface area (Å²) in [4.78, 5) is 1.23. The van der Waals surface area contributed by atoms with E-state index in [0.717, 1.165) is 18.5 Å². The molecule has 1 aromatic rings. The Morgan fingerprint density at radius 3 is 2.47 bits per heavy atom. The number of ether oxygens (including phenoxy) is 1. The lowest BCUT2D eigenvalue weighted by molar-refractivity contribution is 0.0753. The fourth-order valence-corrected chi connectivity index (χ4v) is 2.34. The molecule has 1 N–H and O–H groups in total. The lowest BCUT2D eigenvalue weighted by Gasteiger charge is -2.32. The summed E-state index contributed by atoms with van der Waals surface area (Å²) in [6.07, 6.45) is 3.54. The molecule has 0 saturated carbocycles. The van der Waals surface area contributed by atoms with Gasteiger partial charge in [0.05, 0.1) is 6.07 Å². The first-order valence-corrected chi connectivity index (χ1v) is 6.92. The third-order valence-electron chi connectivity index (χ3n) is 3.03. The maximum Gasteiger partial charge on any atom is 0.129 e. The number of nitrogens with zero attached hydrogens (tertiary/aromatic N) is 1. The van der Waals surface area contributed by atoms with Gasteiger partial charge in [-0.15, -0.1) is 11.8 Å². The van der Waals surface area contributed by atoms with E-state index in [9.17, 15) is 5.26 Å². The lowest BCUT2D eigenvalue weighted by Crippen LogP contribution is -2.42. The molecule has 1 heterocycles. The molecule has 4 heteroatoms. The number of hydrogen-bond donors (Lipinski definition) is 1. The molecule has 0 aliphatic carbocycles. The molecule has 1 fully saturated rings. The van der Waals surface area contributed by atoms with Crippen molar-refractivity contribution in [3.05, 3.63) is 24.3 Å². The molecule has 17 heavy (non-hydrogen) atoms. The molecule has 1 aliphatic heterocycles. The highest BCUT2D eigenvalue weighted by atomic mass is 32.2. The van der Waals surface area contributed by atoms with Crippen LogP contribution in [-0.4, -0.2) is 25.0 Å². The van der Waals surface area contributed by atoms with E-state index >= 15 is 0 Å². The van der Waals surface area contributed by atoms with Crippen LogP contribution in [0.5, 0.6) is 0 Å². The monoisotopic (exact) mass is 248 g/mol. The van der Waals surface area contributed by atoms with Crippen molar-refractivity contribution in [3.63, 3.8) is 0 Å². The van der Waals surface area contributed by atoms with Crippen molar-refractivity contribution in [1.82, 2.24) is 0 Å². The van der Waals surface area contributed by atoms with Gasteiger partial charge >= 0.3 is 0 Å². The predicted octanol–water partition coefficient (Wildman–Crippen LogP) is 2.89. The number of hydrogen-bond acceptors (Lipinski definition) is 4. The molecule has 1 saturated heterocycles. The summed E-state index contributed by atoms with van der Waals surface area (Å²) in [6.45, 7) is 1.31. The summed E-state index contributed by atoms with van der Waals surface area (Å²) in [7, 11) is 0. The van der Waals surface area contributed by atoms with Crippen molar-refractivity contribution in [2.45, 2.75) is 23.3 Å². The summed E-state index contributed by atoms with van der Waals surface area (Å²) in [5, 5.41) is 12.7. The average molecular weight is 248 g/mol. The zero-order chi connectivity index (χ0) is 12.1. The van der Waals surface area contributed by atoms with Crippen LogP contribution in [0.4, 0.5) is 5.69 Å². The van der Waals surface area contributed by atoms with E-state index < -0.39 is 5.54 Å². The van der Waals surface area contributed by atoms with Gasteiger partial charge in [0.2, 0.25) is 0 Å². The van der Waals surface area contributed by atoms with Crippen LogP contribution in [0.25, 0.3) is 0 Å². The third kappa shape index (κ3) is 2.93. The highest BCUT2D eigenvalue weighted by Gasteiger charge is 2.32. The van der Waals surface area contributed by atoms with Gasteiger partial charge in [0.25, 0.3) is 0 Å². The number of rotatable bonds is 3. The number of nitrogens with one attached hydrogen (secondary N) is 1. The van der Waals surface area contributed by atoms with Crippen LogP contribution in [0.15, 0.2) is 29.2 Å². The van der Waals surface area contributed by atoms with Crippen molar-refractivity contribution < 1.29 is 4.74 Å². The molecule has 0 bridgehead atoms. The lowest BCUT2D eigenvalue weighted by atomic mass is 9.91. The van der Waals surface area contributed by atoms with Crippen LogP contribution in [0, 0.1) is 11.3 Å². The molecular formula is C13H16N2OS. The summed E-state index contributed by atoms with van der Waals surface area (Å²) in [5.41, 5.74) is 0.547. The quantitative estimate of drug-likeness (QED) is 0.835. The Kier molecular flexibility index (Phi) is 3.93. The van der Waals surface area contributed by atoms with E-state index in [4.69, 9.17) is 4.74 Å². The summed E-state index contributed by atoms with van der Waals surface area (Å²) in [5.74, 6) is 0. The number of nitriles is 1. The predicted molar refractivity (Wildman–Crippen MR) is 70.2 cm³/mol. The Labute approximate surface area is 106 Å². The fourth-order valence-electron chi connectivity index (χ4n) is 1.94. The smallest absolute Gasteiger partial charge is 0.129 e. The standard InChI is InChI=1S/C13H16N2OS/c1-17-12-4-2-11(3-5-12)15-13(10-14)6-8-16-9-7-13/h2-5,15H,6-9H2,1H3. The molecule has 0 spiro atoms. The van der Waals surface area contributed by atoms with E-state index in [1.54, 1.807) is 11.8 Å². The Morgan fingerprint density at radius 2 is 1.94 bits per heavy atom. The topological polar surface area (TPSA) is 45.0 Å².